The zero-order chi connectivity index (χ0) is 20.3. The fourth-order valence-electron chi connectivity index (χ4n) is 3.33. The fraction of sp³-hybridized carbons (Fsp3) is 0.300. The summed E-state index contributed by atoms with van der Waals surface area (Å²) in [7, 11) is 1.55. The molecule has 0 aromatic heterocycles. The van der Waals surface area contributed by atoms with Gasteiger partial charge in [0.05, 0.1) is 19.3 Å². The Balaban J connectivity index is 1.67. The van der Waals surface area contributed by atoms with Gasteiger partial charge in [0.1, 0.15) is 23.0 Å². The third kappa shape index (κ3) is 4.12. The smallest absolute Gasteiger partial charge is 0.313 e. The van der Waals surface area contributed by atoms with Gasteiger partial charge >= 0.3 is 11.8 Å². The van der Waals surface area contributed by atoms with Gasteiger partial charge in [0.15, 0.2) is 0 Å². The molecule has 2 aromatic rings. The van der Waals surface area contributed by atoms with Gasteiger partial charge in [-0.2, -0.15) is 0 Å². The number of aryl methyl sites for hydroxylation is 1. The lowest BCUT2D eigenvalue weighted by Crippen LogP contribution is -2.46. The number of carbonyl (C=O) groups is 2. The number of ether oxygens (including phenoxy) is 1. The summed E-state index contributed by atoms with van der Waals surface area (Å²) in [6, 6.07) is 7.81. The highest BCUT2D eigenvalue weighted by atomic mass is 19.1. The molecule has 1 unspecified atom stereocenters. The number of aliphatic hydroxyl groups is 1. The minimum absolute atomic E-state index is 0.190. The highest BCUT2D eigenvalue weighted by molar-refractivity contribution is 6.39. The van der Waals surface area contributed by atoms with Crippen molar-refractivity contribution in [2.24, 2.45) is 0 Å². The number of carbonyl (C=O) groups excluding carboxylic acids is 2. The highest BCUT2D eigenvalue weighted by Gasteiger charge is 2.35. The summed E-state index contributed by atoms with van der Waals surface area (Å²) in [6.45, 7) is -0.190. The third-order valence-corrected chi connectivity index (χ3v) is 4.77. The normalized spacial score (nSPS) is 18.1. The molecule has 2 amide bonds. The van der Waals surface area contributed by atoms with Crippen molar-refractivity contribution < 1.29 is 28.2 Å². The quantitative estimate of drug-likeness (QED) is 0.699. The number of hydrogen-bond acceptors (Lipinski definition) is 4. The van der Waals surface area contributed by atoms with Crippen LogP contribution in [0, 0.1) is 11.6 Å². The molecule has 28 heavy (non-hydrogen) atoms. The van der Waals surface area contributed by atoms with E-state index in [1.807, 2.05) is 11.4 Å². The molecule has 0 spiro atoms. The summed E-state index contributed by atoms with van der Waals surface area (Å²) in [5.74, 6) is -3.16. The molecule has 3 N–H and O–H groups in total. The van der Waals surface area contributed by atoms with Crippen molar-refractivity contribution in [1.82, 2.24) is 5.32 Å². The molecular formula is C20H20F2N2O4. The summed E-state index contributed by atoms with van der Waals surface area (Å²) in [5, 5.41) is 15.4. The summed E-state index contributed by atoms with van der Waals surface area (Å²) in [4.78, 5) is 24.0. The molecule has 0 saturated heterocycles. The molecule has 1 atom stereocenters. The van der Waals surface area contributed by atoms with Gasteiger partial charge in [-0.15, -0.1) is 0 Å². The second kappa shape index (κ2) is 7.93. The Kier molecular flexibility index (Phi) is 5.60. The van der Waals surface area contributed by atoms with Crippen molar-refractivity contribution in [2.45, 2.75) is 24.9 Å². The van der Waals surface area contributed by atoms with Gasteiger partial charge in [0, 0.05) is 6.07 Å². The van der Waals surface area contributed by atoms with Crippen molar-refractivity contribution in [2.75, 3.05) is 19.0 Å². The van der Waals surface area contributed by atoms with E-state index in [0.717, 1.165) is 30.2 Å². The lowest BCUT2D eigenvalue weighted by atomic mass is 9.79. The van der Waals surface area contributed by atoms with Gasteiger partial charge in [0.2, 0.25) is 0 Å². The molecule has 2 aromatic carbocycles. The Morgan fingerprint density at radius 1 is 1.18 bits per heavy atom. The van der Waals surface area contributed by atoms with Crippen LogP contribution in [0.15, 0.2) is 36.4 Å². The number of fused-ring (bicyclic) bond motifs is 1. The molecule has 0 bridgehead atoms. The van der Waals surface area contributed by atoms with Gasteiger partial charge in [-0.3, -0.25) is 9.59 Å². The van der Waals surface area contributed by atoms with Crippen molar-refractivity contribution in [3.8, 4) is 5.75 Å². The maximum atomic E-state index is 13.6. The van der Waals surface area contributed by atoms with Crippen molar-refractivity contribution >= 4 is 17.5 Å². The number of methoxy groups -OCH3 is 1. The van der Waals surface area contributed by atoms with Crippen LogP contribution in [-0.4, -0.2) is 30.6 Å². The summed E-state index contributed by atoms with van der Waals surface area (Å²) in [6.07, 6.45) is 1.88. The maximum absolute atomic E-state index is 13.6. The maximum Gasteiger partial charge on any atom is 0.313 e. The average Bonchev–Trinajstić information content (AvgIpc) is 2.68. The number of anilines is 1. The Morgan fingerprint density at radius 3 is 2.71 bits per heavy atom. The Morgan fingerprint density at radius 2 is 1.96 bits per heavy atom. The number of nitrogens with one attached hydrogen (secondary N) is 2. The van der Waals surface area contributed by atoms with Gasteiger partial charge in [-0.25, -0.2) is 8.78 Å². The largest absolute Gasteiger partial charge is 0.497 e. The molecule has 8 heteroatoms. The van der Waals surface area contributed by atoms with E-state index in [-0.39, 0.29) is 6.54 Å². The molecule has 0 aliphatic heterocycles. The molecule has 0 heterocycles. The first-order valence-corrected chi connectivity index (χ1v) is 8.76. The first-order valence-electron chi connectivity index (χ1n) is 8.76. The van der Waals surface area contributed by atoms with Crippen LogP contribution in [0.5, 0.6) is 5.75 Å². The van der Waals surface area contributed by atoms with Crippen molar-refractivity contribution in [1.29, 1.82) is 0 Å². The third-order valence-electron chi connectivity index (χ3n) is 4.77. The SMILES string of the molecule is COc1ccc2c(c1)CCCC2(O)CNC(=O)C(=O)Nc1cc(F)ccc1F. The first-order chi connectivity index (χ1) is 13.3. The van der Waals surface area contributed by atoms with Gasteiger partial charge in [-0.1, -0.05) is 6.07 Å². The molecule has 0 radical (unpaired) electrons. The zero-order valence-electron chi connectivity index (χ0n) is 15.2. The molecular weight excluding hydrogens is 370 g/mol. The fourth-order valence-corrected chi connectivity index (χ4v) is 3.33. The van der Waals surface area contributed by atoms with Crippen LogP contribution in [0.3, 0.4) is 0 Å². The second-order valence-corrected chi connectivity index (χ2v) is 6.67. The number of halogens is 2. The zero-order valence-corrected chi connectivity index (χ0v) is 15.2. The molecule has 1 aliphatic rings. The summed E-state index contributed by atoms with van der Waals surface area (Å²) >= 11 is 0. The van der Waals surface area contributed by atoms with Crippen LogP contribution in [0.4, 0.5) is 14.5 Å². The number of benzene rings is 2. The van der Waals surface area contributed by atoms with Gasteiger partial charge in [0.25, 0.3) is 0 Å². The van der Waals surface area contributed by atoms with E-state index >= 15 is 0 Å². The minimum atomic E-state index is -1.33. The highest BCUT2D eigenvalue weighted by Crippen LogP contribution is 2.36. The average molecular weight is 390 g/mol. The van der Waals surface area contributed by atoms with Crippen LogP contribution >= 0.6 is 0 Å². The standard InChI is InChI=1S/C20H20F2N2O4/c1-28-14-5-6-15-12(9-14)3-2-8-20(15,27)11-23-18(25)19(26)24-17-10-13(21)4-7-16(17)22/h4-7,9-10,27H,2-3,8,11H2,1H3,(H,23,25)(H,24,26). The Bertz CT molecular complexity index is 919. The Labute approximate surface area is 160 Å². The topological polar surface area (TPSA) is 87.7 Å². The van der Waals surface area contributed by atoms with Crippen molar-refractivity contribution in [3.63, 3.8) is 0 Å². The summed E-state index contributed by atoms with van der Waals surface area (Å²) in [5.41, 5.74) is -0.195. The van der Waals surface area contributed by atoms with E-state index in [4.69, 9.17) is 4.74 Å². The van der Waals surface area contributed by atoms with Crippen LogP contribution in [0.2, 0.25) is 0 Å². The van der Waals surface area contributed by atoms with E-state index in [0.29, 0.717) is 24.2 Å². The molecule has 1 aliphatic carbocycles. The second-order valence-electron chi connectivity index (χ2n) is 6.67. The lowest BCUT2D eigenvalue weighted by Gasteiger charge is -2.34. The van der Waals surface area contributed by atoms with Crippen LogP contribution in [0.1, 0.15) is 24.0 Å². The minimum Gasteiger partial charge on any atom is -0.497 e. The van der Waals surface area contributed by atoms with E-state index < -0.39 is 34.7 Å². The van der Waals surface area contributed by atoms with Crippen LogP contribution < -0.4 is 15.4 Å². The van der Waals surface area contributed by atoms with E-state index in [1.165, 1.54) is 0 Å². The molecule has 3 rings (SSSR count). The molecule has 148 valence electrons. The monoisotopic (exact) mass is 390 g/mol. The number of amides is 2. The van der Waals surface area contributed by atoms with Crippen LogP contribution in [0.25, 0.3) is 0 Å². The Hall–Kier alpha value is -3.00. The predicted octanol–water partition coefficient (Wildman–Crippen LogP) is 2.25. The molecule has 0 fully saturated rings. The van der Waals surface area contributed by atoms with Gasteiger partial charge in [-0.05, 0) is 54.7 Å². The van der Waals surface area contributed by atoms with E-state index in [1.54, 1.807) is 19.2 Å². The van der Waals surface area contributed by atoms with E-state index in [2.05, 4.69) is 5.32 Å². The summed E-state index contributed by atoms with van der Waals surface area (Å²) < 4.78 is 32.0. The predicted molar refractivity (Wildman–Crippen MR) is 97.8 cm³/mol. The molecule has 0 saturated carbocycles. The first kappa shape index (κ1) is 19.8. The van der Waals surface area contributed by atoms with Gasteiger partial charge < -0.3 is 20.5 Å². The van der Waals surface area contributed by atoms with Crippen LogP contribution in [-0.2, 0) is 21.6 Å². The van der Waals surface area contributed by atoms with E-state index in [9.17, 15) is 23.5 Å². The molecule has 6 nitrogen and oxygen atoms in total. The van der Waals surface area contributed by atoms with Crippen molar-refractivity contribution in [3.05, 3.63) is 59.2 Å². The number of rotatable bonds is 4. The lowest BCUT2D eigenvalue weighted by molar-refractivity contribution is -0.137. The number of hydrogen-bond donors (Lipinski definition) is 3.